The quantitative estimate of drug-likeness (QED) is 0.365. The predicted octanol–water partition coefficient (Wildman–Crippen LogP) is 4.76. The fraction of sp³-hybridized carbons (Fsp3) is 0.647. The first-order valence-corrected chi connectivity index (χ1v) is 16.8. The number of nitrogens with one attached hydrogen (secondary N) is 2. The van der Waals surface area contributed by atoms with E-state index >= 15 is 4.39 Å². The number of anilines is 1. The summed E-state index contributed by atoms with van der Waals surface area (Å²) in [6.45, 7) is 2.88. The Morgan fingerprint density at radius 1 is 1.07 bits per heavy atom. The molecule has 0 unspecified atom stereocenters. The second-order valence-corrected chi connectivity index (χ2v) is 14.6. The summed E-state index contributed by atoms with van der Waals surface area (Å²) < 4.78 is 44.9. The molecule has 1 aromatic carbocycles. The Morgan fingerprint density at radius 2 is 1.78 bits per heavy atom. The van der Waals surface area contributed by atoms with Crippen molar-refractivity contribution in [2.45, 2.75) is 108 Å². The maximum absolute atomic E-state index is 15.7. The predicted molar refractivity (Wildman–Crippen MR) is 165 cm³/mol. The summed E-state index contributed by atoms with van der Waals surface area (Å²) >= 11 is 0. The van der Waals surface area contributed by atoms with E-state index in [2.05, 4.69) is 15.7 Å². The lowest BCUT2D eigenvalue weighted by molar-refractivity contribution is -0.135. The van der Waals surface area contributed by atoms with Gasteiger partial charge in [0.2, 0.25) is 11.8 Å². The standard InChI is InChI=1S/C34H43F3N6O3/c1-2-43-25(7-15-39-43)28(44)41-26(21-4-3-8-31(19-21)9-10-31)29(45)40-24-6-5-22(18-23(24)35)33(11-12-33)27(38)30(46)42-16-13-32(14-17-42)20-34(32,36)37/h5-7,15,18,21,26-27H,2-4,8-14,16-17,19-20,38H2,1H3,(H,40,45)(H,41,44)/t21-,26-,27-/m0/s1. The Labute approximate surface area is 266 Å². The first-order chi connectivity index (χ1) is 21.9. The zero-order chi connectivity index (χ0) is 32.5. The van der Waals surface area contributed by atoms with E-state index in [9.17, 15) is 23.2 Å². The van der Waals surface area contributed by atoms with Crippen LogP contribution in [0.4, 0.5) is 18.9 Å². The van der Waals surface area contributed by atoms with Crippen molar-refractivity contribution >= 4 is 23.4 Å². The molecule has 5 fully saturated rings. The lowest BCUT2D eigenvalue weighted by Crippen LogP contribution is -2.52. The minimum absolute atomic E-state index is 0.00840. The number of aromatic nitrogens is 2. The van der Waals surface area contributed by atoms with Crippen LogP contribution in [0.5, 0.6) is 0 Å². The van der Waals surface area contributed by atoms with Gasteiger partial charge in [-0.2, -0.15) is 5.10 Å². The third-order valence-electron chi connectivity index (χ3n) is 11.9. The molecule has 1 aliphatic heterocycles. The molecule has 3 amide bonds. The fourth-order valence-corrected chi connectivity index (χ4v) is 8.37. The molecule has 0 radical (unpaired) electrons. The fourth-order valence-electron chi connectivity index (χ4n) is 8.37. The summed E-state index contributed by atoms with van der Waals surface area (Å²) in [5.74, 6) is -4.52. The van der Waals surface area contributed by atoms with E-state index in [0.29, 0.717) is 30.6 Å². The number of aryl methyl sites for hydroxylation is 1. The zero-order valence-electron chi connectivity index (χ0n) is 26.3. The Balaban J connectivity index is 1.04. The van der Waals surface area contributed by atoms with Crippen molar-refractivity contribution in [3.63, 3.8) is 0 Å². The zero-order valence-corrected chi connectivity index (χ0v) is 26.3. The van der Waals surface area contributed by atoms with Crippen LogP contribution in [0.3, 0.4) is 0 Å². The van der Waals surface area contributed by atoms with Crippen LogP contribution >= 0.6 is 0 Å². The summed E-state index contributed by atoms with van der Waals surface area (Å²) in [6.07, 6.45) is 9.18. The lowest BCUT2D eigenvalue weighted by atomic mass is 9.75. The molecule has 4 aliphatic carbocycles. The number of carbonyl (C=O) groups excluding carboxylic acids is 3. The molecule has 1 aromatic heterocycles. The van der Waals surface area contributed by atoms with Crippen LogP contribution in [0.15, 0.2) is 30.5 Å². The summed E-state index contributed by atoms with van der Waals surface area (Å²) in [5, 5.41) is 9.87. The van der Waals surface area contributed by atoms with Gasteiger partial charge in [0.1, 0.15) is 17.6 Å². The van der Waals surface area contributed by atoms with E-state index in [0.717, 1.165) is 38.5 Å². The molecule has 0 bridgehead atoms. The Kier molecular flexibility index (Phi) is 7.53. The number of hydrogen-bond acceptors (Lipinski definition) is 5. The molecule has 2 aromatic rings. The van der Waals surface area contributed by atoms with Gasteiger partial charge in [0.05, 0.1) is 11.7 Å². The van der Waals surface area contributed by atoms with Crippen molar-refractivity contribution in [1.29, 1.82) is 0 Å². The van der Waals surface area contributed by atoms with Crippen LogP contribution in [0.2, 0.25) is 0 Å². The Hall–Kier alpha value is -3.41. The van der Waals surface area contributed by atoms with Crippen LogP contribution < -0.4 is 16.4 Å². The molecule has 2 heterocycles. The van der Waals surface area contributed by atoms with E-state index in [4.69, 9.17) is 5.73 Å². The van der Waals surface area contributed by atoms with Gasteiger partial charge < -0.3 is 21.3 Å². The molecule has 46 heavy (non-hydrogen) atoms. The molecule has 3 atom stereocenters. The van der Waals surface area contributed by atoms with Gasteiger partial charge >= 0.3 is 0 Å². The number of nitrogens with two attached hydrogens (primary N) is 1. The van der Waals surface area contributed by atoms with Crippen LogP contribution in [-0.2, 0) is 21.5 Å². The molecule has 12 heteroatoms. The number of nitrogens with zero attached hydrogens (tertiary/aromatic N) is 3. The van der Waals surface area contributed by atoms with Crippen LogP contribution in [0, 0.1) is 22.6 Å². The van der Waals surface area contributed by atoms with Gasteiger partial charge in [0.25, 0.3) is 11.8 Å². The van der Waals surface area contributed by atoms with E-state index in [-0.39, 0.29) is 55.3 Å². The maximum atomic E-state index is 15.7. The average molecular weight is 641 g/mol. The number of likely N-dealkylation sites (tertiary alicyclic amines) is 1. The largest absolute Gasteiger partial charge is 0.341 e. The highest BCUT2D eigenvalue weighted by molar-refractivity contribution is 6.00. The normalized spacial score (nSPS) is 25.8. The van der Waals surface area contributed by atoms with Gasteiger partial charge in [-0.05, 0) is 99.8 Å². The van der Waals surface area contributed by atoms with Gasteiger partial charge in [0, 0.05) is 43.1 Å². The monoisotopic (exact) mass is 640 g/mol. The minimum atomic E-state index is -2.64. The van der Waals surface area contributed by atoms with Gasteiger partial charge in [-0.15, -0.1) is 0 Å². The molecule has 4 saturated carbocycles. The molecule has 248 valence electrons. The smallest absolute Gasteiger partial charge is 0.270 e. The molecule has 4 N–H and O–H groups in total. The lowest BCUT2D eigenvalue weighted by Gasteiger charge is -2.36. The Morgan fingerprint density at radius 3 is 2.39 bits per heavy atom. The first-order valence-electron chi connectivity index (χ1n) is 16.8. The number of alkyl halides is 2. The summed E-state index contributed by atoms with van der Waals surface area (Å²) in [7, 11) is 0. The van der Waals surface area contributed by atoms with Gasteiger partial charge in [0.15, 0.2) is 0 Å². The molecule has 5 aliphatic rings. The maximum Gasteiger partial charge on any atom is 0.270 e. The molecule has 9 nitrogen and oxygen atoms in total. The second kappa shape index (κ2) is 11.1. The van der Waals surface area contributed by atoms with Gasteiger partial charge in [-0.1, -0.05) is 12.5 Å². The number of benzene rings is 1. The van der Waals surface area contributed by atoms with E-state index in [1.807, 2.05) is 6.92 Å². The van der Waals surface area contributed by atoms with Crippen molar-refractivity contribution in [2.24, 2.45) is 22.5 Å². The highest BCUT2D eigenvalue weighted by Crippen LogP contribution is 2.66. The minimum Gasteiger partial charge on any atom is -0.341 e. The highest BCUT2D eigenvalue weighted by atomic mass is 19.3. The number of halogens is 3. The summed E-state index contributed by atoms with van der Waals surface area (Å²) in [6, 6.07) is 4.38. The Bertz CT molecular complexity index is 1540. The van der Waals surface area contributed by atoms with Crippen molar-refractivity contribution in [2.75, 3.05) is 18.4 Å². The number of piperidine rings is 1. The SMILES string of the molecule is CCn1nccc1C(=O)N[C@H](C(=O)Nc1ccc(C2([C@@H](N)C(=O)N3CCC4(CC3)CC4(F)F)CC2)cc1F)[C@H]1CCCC2(CC2)C1. The van der Waals surface area contributed by atoms with Crippen molar-refractivity contribution in [3.8, 4) is 0 Å². The van der Waals surface area contributed by atoms with Crippen molar-refractivity contribution < 1.29 is 27.6 Å². The third kappa shape index (κ3) is 5.40. The van der Waals surface area contributed by atoms with Crippen LogP contribution in [0.25, 0.3) is 0 Å². The van der Waals surface area contributed by atoms with E-state index in [1.54, 1.807) is 27.9 Å². The molecule has 1 saturated heterocycles. The molecular weight excluding hydrogens is 597 g/mol. The second-order valence-electron chi connectivity index (χ2n) is 14.6. The van der Waals surface area contributed by atoms with Crippen LogP contribution in [-0.4, -0.2) is 63.5 Å². The number of hydrogen-bond donors (Lipinski definition) is 3. The highest BCUT2D eigenvalue weighted by Gasteiger charge is 2.71. The molecule has 2 spiro atoms. The first kappa shape index (κ1) is 31.2. The van der Waals surface area contributed by atoms with Gasteiger partial charge in [-0.25, -0.2) is 13.2 Å². The third-order valence-corrected chi connectivity index (χ3v) is 11.9. The average Bonchev–Trinajstić information content (AvgIpc) is 4.00. The number of rotatable bonds is 9. The number of amides is 3. The summed E-state index contributed by atoms with van der Waals surface area (Å²) in [4.78, 5) is 42.0. The van der Waals surface area contributed by atoms with Crippen molar-refractivity contribution in [1.82, 2.24) is 20.0 Å². The van der Waals surface area contributed by atoms with E-state index in [1.165, 1.54) is 12.1 Å². The number of carbonyl (C=O) groups is 3. The van der Waals surface area contributed by atoms with Gasteiger partial charge in [-0.3, -0.25) is 19.1 Å². The molecular formula is C34H43F3N6O3. The summed E-state index contributed by atoms with van der Waals surface area (Å²) in [5.41, 5.74) is 5.98. The van der Waals surface area contributed by atoms with Crippen LogP contribution in [0.1, 0.15) is 93.6 Å². The molecule has 7 rings (SSSR count). The van der Waals surface area contributed by atoms with Crippen molar-refractivity contribution in [3.05, 3.63) is 47.5 Å². The topological polar surface area (TPSA) is 122 Å². The van der Waals surface area contributed by atoms with E-state index < -0.39 is 46.5 Å².